The lowest BCUT2D eigenvalue weighted by atomic mass is 10.3. The van der Waals surface area contributed by atoms with E-state index in [9.17, 15) is 8.42 Å². The first-order valence-electron chi connectivity index (χ1n) is 4.84. The maximum atomic E-state index is 11.2. The molecule has 90 valence electrons. The van der Waals surface area contributed by atoms with Gasteiger partial charge in [0.2, 0.25) is 0 Å². The van der Waals surface area contributed by atoms with Gasteiger partial charge in [-0.2, -0.15) is 0 Å². The summed E-state index contributed by atoms with van der Waals surface area (Å²) in [7, 11) is -3.15. The van der Waals surface area contributed by atoms with Crippen LogP contribution in [0.1, 0.15) is 0 Å². The number of benzene rings is 1. The van der Waals surface area contributed by atoms with Gasteiger partial charge in [-0.05, 0) is 24.3 Å². The molecular weight excluding hydrogens is 228 g/mol. The number of rotatable bonds is 5. The number of anilines is 1. The number of sulfone groups is 1. The summed E-state index contributed by atoms with van der Waals surface area (Å²) in [4.78, 5) is 0.282. The van der Waals surface area contributed by atoms with Gasteiger partial charge in [0.05, 0.1) is 11.5 Å². The van der Waals surface area contributed by atoms with E-state index in [-0.39, 0.29) is 17.5 Å². The molecule has 0 aliphatic carbocycles. The van der Waals surface area contributed by atoms with Crippen molar-refractivity contribution in [2.24, 2.45) is 5.73 Å². The van der Waals surface area contributed by atoms with Gasteiger partial charge in [-0.3, -0.25) is 0 Å². The molecule has 0 aromatic heterocycles. The molecule has 1 unspecified atom stereocenters. The Morgan fingerprint density at radius 2 is 1.94 bits per heavy atom. The number of nitrogens with two attached hydrogens (primary N) is 1. The first-order valence-corrected chi connectivity index (χ1v) is 6.73. The quantitative estimate of drug-likeness (QED) is 0.668. The van der Waals surface area contributed by atoms with Crippen LogP contribution in [0.5, 0.6) is 0 Å². The smallest absolute Gasteiger partial charge is 0.175 e. The highest BCUT2D eigenvalue weighted by Gasteiger charge is 2.06. The van der Waals surface area contributed by atoms with Crippen molar-refractivity contribution in [3.63, 3.8) is 0 Å². The van der Waals surface area contributed by atoms with Gasteiger partial charge in [-0.25, -0.2) is 8.42 Å². The van der Waals surface area contributed by atoms with Crippen LogP contribution in [0.4, 0.5) is 5.69 Å². The SMILES string of the molecule is CS(=O)(=O)c1ccc(NCC(N)CO)cc1. The second kappa shape index (κ2) is 5.29. The van der Waals surface area contributed by atoms with Crippen molar-refractivity contribution in [3.05, 3.63) is 24.3 Å². The predicted molar refractivity (Wildman–Crippen MR) is 63.1 cm³/mol. The van der Waals surface area contributed by atoms with Gasteiger partial charge in [-0.15, -0.1) is 0 Å². The minimum Gasteiger partial charge on any atom is -0.395 e. The van der Waals surface area contributed by atoms with Gasteiger partial charge in [0, 0.05) is 24.5 Å². The van der Waals surface area contributed by atoms with Crippen molar-refractivity contribution in [1.29, 1.82) is 0 Å². The Labute approximate surface area is 95.2 Å². The molecule has 4 N–H and O–H groups in total. The molecular formula is C10H16N2O3S. The van der Waals surface area contributed by atoms with E-state index in [4.69, 9.17) is 10.8 Å². The minimum absolute atomic E-state index is 0.0889. The molecule has 6 heteroatoms. The standard InChI is InChI=1S/C10H16N2O3S/c1-16(14,15)10-4-2-9(3-5-10)12-6-8(11)7-13/h2-5,8,12-13H,6-7,11H2,1H3. The van der Waals surface area contributed by atoms with E-state index >= 15 is 0 Å². The summed E-state index contributed by atoms with van der Waals surface area (Å²) in [6, 6.07) is 6.07. The third-order valence-electron chi connectivity index (χ3n) is 2.09. The lowest BCUT2D eigenvalue weighted by molar-refractivity contribution is 0.270. The molecule has 1 aromatic rings. The molecule has 0 amide bonds. The lowest BCUT2D eigenvalue weighted by Crippen LogP contribution is -2.32. The fourth-order valence-electron chi connectivity index (χ4n) is 1.13. The van der Waals surface area contributed by atoms with Crippen LogP contribution < -0.4 is 11.1 Å². The van der Waals surface area contributed by atoms with Crippen LogP contribution in [0.15, 0.2) is 29.2 Å². The Morgan fingerprint density at radius 3 is 2.38 bits per heavy atom. The molecule has 0 spiro atoms. The van der Waals surface area contributed by atoms with Crippen LogP contribution >= 0.6 is 0 Å². The number of nitrogens with one attached hydrogen (secondary N) is 1. The molecule has 0 radical (unpaired) electrons. The molecule has 0 fully saturated rings. The fraction of sp³-hybridized carbons (Fsp3) is 0.400. The largest absolute Gasteiger partial charge is 0.395 e. The first kappa shape index (κ1) is 13.0. The van der Waals surface area contributed by atoms with E-state index in [0.717, 1.165) is 11.9 Å². The van der Waals surface area contributed by atoms with E-state index in [1.165, 1.54) is 12.1 Å². The Balaban J connectivity index is 2.66. The highest BCUT2D eigenvalue weighted by Crippen LogP contribution is 2.13. The Bertz CT molecular complexity index is 428. The molecule has 1 aromatic carbocycles. The minimum atomic E-state index is -3.15. The first-order chi connectivity index (χ1) is 7.43. The lowest BCUT2D eigenvalue weighted by Gasteiger charge is -2.11. The summed E-state index contributed by atoms with van der Waals surface area (Å²) < 4.78 is 22.4. The molecule has 5 nitrogen and oxygen atoms in total. The van der Waals surface area contributed by atoms with E-state index < -0.39 is 9.84 Å². The van der Waals surface area contributed by atoms with Crippen LogP contribution in [-0.2, 0) is 9.84 Å². The van der Waals surface area contributed by atoms with E-state index in [1.807, 2.05) is 0 Å². The Kier molecular flexibility index (Phi) is 4.28. The zero-order valence-corrected chi connectivity index (χ0v) is 9.87. The van der Waals surface area contributed by atoms with Crippen LogP contribution in [0.3, 0.4) is 0 Å². The molecule has 16 heavy (non-hydrogen) atoms. The normalized spacial score (nSPS) is 13.4. The van der Waals surface area contributed by atoms with Gasteiger partial charge < -0.3 is 16.2 Å². The van der Waals surface area contributed by atoms with E-state index in [1.54, 1.807) is 12.1 Å². The van der Waals surface area contributed by atoms with Crippen molar-refractivity contribution >= 4 is 15.5 Å². The average Bonchev–Trinajstić information content (AvgIpc) is 2.25. The molecule has 0 aliphatic heterocycles. The number of hydrogen-bond donors (Lipinski definition) is 3. The van der Waals surface area contributed by atoms with Crippen molar-refractivity contribution in [2.75, 3.05) is 24.7 Å². The maximum absolute atomic E-state index is 11.2. The van der Waals surface area contributed by atoms with Gasteiger partial charge in [0.25, 0.3) is 0 Å². The second-order valence-corrected chi connectivity index (χ2v) is 5.64. The highest BCUT2D eigenvalue weighted by molar-refractivity contribution is 7.90. The van der Waals surface area contributed by atoms with Gasteiger partial charge >= 0.3 is 0 Å². The summed E-state index contributed by atoms with van der Waals surface area (Å²) in [5, 5.41) is 11.7. The van der Waals surface area contributed by atoms with Gasteiger partial charge in [-0.1, -0.05) is 0 Å². The average molecular weight is 244 g/mol. The third kappa shape index (κ3) is 3.80. The predicted octanol–water partition coefficient (Wildman–Crippen LogP) is -0.178. The number of hydrogen-bond acceptors (Lipinski definition) is 5. The molecule has 0 bridgehead atoms. The number of aliphatic hydroxyl groups is 1. The van der Waals surface area contributed by atoms with Crippen LogP contribution in [0.2, 0.25) is 0 Å². The summed E-state index contributed by atoms with van der Waals surface area (Å²) in [6.07, 6.45) is 1.16. The summed E-state index contributed by atoms with van der Waals surface area (Å²) in [5.74, 6) is 0. The van der Waals surface area contributed by atoms with Crippen LogP contribution in [-0.4, -0.2) is 39.0 Å². The van der Waals surface area contributed by atoms with E-state index in [0.29, 0.717) is 6.54 Å². The molecule has 1 rings (SSSR count). The third-order valence-corrected chi connectivity index (χ3v) is 3.21. The summed E-state index contributed by atoms with van der Waals surface area (Å²) in [5.41, 5.74) is 6.29. The van der Waals surface area contributed by atoms with Crippen LogP contribution in [0, 0.1) is 0 Å². The monoisotopic (exact) mass is 244 g/mol. The Hall–Kier alpha value is -1.11. The molecule has 0 saturated carbocycles. The zero-order valence-electron chi connectivity index (χ0n) is 9.05. The van der Waals surface area contributed by atoms with Crippen molar-refractivity contribution in [3.8, 4) is 0 Å². The number of aliphatic hydroxyl groups excluding tert-OH is 1. The molecule has 0 heterocycles. The maximum Gasteiger partial charge on any atom is 0.175 e. The summed E-state index contributed by atoms with van der Waals surface area (Å²) in [6.45, 7) is 0.350. The van der Waals surface area contributed by atoms with Crippen molar-refractivity contribution < 1.29 is 13.5 Å². The van der Waals surface area contributed by atoms with E-state index in [2.05, 4.69) is 5.32 Å². The fourth-order valence-corrected chi connectivity index (χ4v) is 1.76. The van der Waals surface area contributed by atoms with Gasteiger partial charge in [0.1, 0.15) is 0 Å². The van der Waals surface area contributed by atoms with Crippen molar-refractivity contribution in [1.82, 2.24) is 0 Å². The molecule has 0 aliphatic rings. The Morgan fingerprint density at radius 1 is 1.38 bits per heavy atom. The second-order valence-electron chi connectivity index (χ2n) is 3.62. The molecule has 1 atom stereocenters. The molecule has 0 saturated heterocycles. The summed E-state index contributed by atoms with van der Waals surface area (Å²) >= 11 is 0. The van der Waals surface area contributed by atoms with Gasteiger partial charge in [0.15, 0.2) is 9.84 Å². The highest BCUT2D eigenvalue weighted by atomic mass is 32.2. The zero-order chi connectivity index (χ0) is 12.2. The van der Waals surface area contributed by atoms with Crippen molar-refractivity contribution in [2.45, 2.75) is 10.9 Å². The van der Waals surface area contributed by atoms with Crippen LogP contribution in [0.25, 0.3) is 0 Å². The topological polar surface area (TPSA) is 92.4 Å².